The van der Waals surface area contributed by atoms with Gasteiger partial charge >= 0.3 is 0 Å². The highest BCUT2D eigenvalue weighted by Gasteiger charge is 2.12. The van der Waals surface area contributed by atoms with Gasteiger partial charge in [-0.25, -0.2) is 0 Å². The summed E-state index contributed by atoms with van der Waals surface area (Å²) in [5.41, 5.74) is 8.82. The maximum absolute atomic E-state index is 5.72. The van der Waals surface area contributed by atoms with Crippen LogP contribution in [0.25, 0.3) is 10.8 Å². The minimum Gasteiger partial charge on any atom is -0.327 e. The summed E-state index contributed by atoms with van der Waals surface area (Å²) in [5.74, 6) is 0.852. The maximum atomic E-state index is 5.72. The zero-order valence-corrected chi connectivity index (χ0v) is 12.2. The largest absolute Gasteiger partial charge is 0.327 e. The lowest BCUT2D eigenvalue weighted by atomic mass is 10.1. The van der Waals surface area contributed by atoms with E-state index in [0.29, 0.717) is 6.54 Å². The van der Waals surface area contributed by atoms with Crippen molar-refractivity contribution in [3.63, 3.8) is 0 Å². The third kappa shape index (κ3) is 2.45. The summed E-state index contributed by atoms with van der Waals surface area (Å²) in [4.78, 5) is 2.05. The van der Waals surface area contributed by atoms with Crippen molar-refractivity contribution >= 4 is 22.3 Å². The summed E-state index contributed by atoms with van der Waals surface area (Å²) in [6.07, 6.45) is 0. The average Bonchev–Trinajstić information content (AvgIpc) is 2.55. The smallest absolute Gasteiger partial charge is 0.163 e. The van der Waals surface area contributed by atoms with Gasteiger partial charge in [-0.2, -0.15) is 5.10 Å². The molecule has 3 aromatic rings. The Morgan fingerprint density at radius 2 is 1.76 bits per heavy atom. The van der Waals surface area contributed by atoms with Crippen LogP contribution in [0.3, 0.4) is 0 Å². The number of anilines is 2. The fourth-order valence-corrected chi connectivity index (χ4v) is 2.49. The van der Waals surface area contributed by atoms with E-state index in [-0.39, 0.29) is 0 Å². The first-order valence-electron chi connectivity index (χ1n) is 6.95. The zero-order valence-electron chi connectivity index (χ0n) is 12.2. The van der Waals surface area contributed by atoms with Crippen LogP contribution in [-0.2, 0) is 6.54 Å². The number of nitrogens with zero attached hydrogens (tertiary/aromatic N) is 3. The van der Waals surface area contributed by atoms with E-state index in [9.17, 15) is 0 Å². The maximum Gasteiger partial charge on any atom is 0.163 e. The Morgan fingerprint density at radius 3 is 2.52 bits per heavy atom. The van der Waals surface area contributed by atoms with Crippen LogP contribution in [0.5, 0.6) is 0 Å². The van der Waals surface area contributed by atoms with Gasteiger partial charge in [-0.05, 0) is 24.6 Å². The Hall–Kier alpha value is -2.46. The number of nitrogens with two attached hydrogens (primary N) is 1. The molecule has 0 fully saturated rings. The van der Waals surface area contributed by atoms with Gasteiger partial charge in [-0.3, -0.25) is 0 Å². The van der Waals surface area contributed by atoms with Crippen LogP contribution in [0.15, 0.2) is 48.5 Å². The number of fused-ring (bicyclic) bond motifs is 1. The summed E-state index contributed by atoms with van der Waals surface area (Å²) in [5, 5.41) is 10.9. The molecule has 4 heteroatoms. The van der Waals surface area contributed by atoms with Gasteiger partial charge in [0, 0.05) is 30.1 Å². The van der Waals surface area contributed by atoms with Gasteiger partial charge in [-0.1, -0.05) is 36.4 Å². The van der Waals surface area contributed by atoms with Crippen molar-refractivity contribution in [2.24, 2.45) is 5.73 Å². The third-order valence-corrected chi connectivity index (χ3v) is 3.70. The topological polar surface area (TPSA) is 55.0 Å². The second-order valence-electron chi connectivity index (χ2n) is 5.09. The standard InChI is InChI=1S/C17H18N4/c1-12-15-8-3-4-9-16(15)17(20-19-12)21(2)14-7-5-6-13(10-14)11-18/h3-10H,11,18H2,1-2H3. The molecule has 0 spiro atoms. The molecule has 106 valence electrons. The molecular weight excluding hydrogens is 260 g/mol. The summed E-state index contributed by atoms with van der Waals surface area (Å²) in [6, 6.07) is 16.4. The summed E-state index contributed by atoms with van der Waals surface area (Å²) >= 11 is 0. The molecule has 2 aromatic carbocycles. The third-order valence-electron chi connectivity index (χ3n) is 3.70. The lowest BCUT2D eigenvalue weighted by Gasteiger charge is -2.20. The molecule has 0 saturated heterocycles. The molecular formula is C17H18N4. The van der Waals surface area contributed by atoms with Crippen LogP contribution in [0.1, 0.15) is 11.3 Å². The van der Waals surface area contributed by atoms with E-state index in [4.69, 9.17) is 5.73 Å². The molecule has 0 bridgehead atoms. The minimum absolute atomic E-state index is 0.530. The normalized spacial score (nSPS) is 10.8. The van der Waals surface area contributed by atoms with Gasteiger partial charge < -0.3 is 10.6 Å². The van der Waals surface area contributed by atoms with E-state index in [2.05, 4.69) is 34.5 Å². The predicted octanol–water partition coefficient (Wildman–Crippen LogP) is 3.16. The highest BCUT2D eigenvalue weighted by atomic mass is 15.2. The van der Waals surface area contributed by atoms with Gasteiger partial charge in [0.1, 0.15) is 0 Å². The van der Waals surface area contributed by atoms with Gasteiger partial charge in [-0.15, -0.1) is 5.10 Å². The average molecular weight is 278 g/mol. The molecule has 1 heterocycles. The molecule has 0 atom stereocenters. The summed E-state index contributed by atoms with van der Waals surface area (Å²) in [7, 11) is 2.00. The first kappa shape index (κ1) is 13.5. The Labute approximate surface area is 124 Å². The molecule has 0 saturated carbocycles. The first-order valence-corrected chi connectivity index (χ1v) is 6.95. The van der Waals surface area contributed by atoms with Crippen molar-refractivity contribution in [1.82, 2.24) is 10.2 Å². The van der Waals surface area contributed by atoms with Crippen molar-refractivity contribution in [2.45, 2.75) is 13.5 Å². The van der Waals surface area contributed by atoms with Crippen LogP contribution in [0.2, 0.25) is 0 Å². The monoisotopic (exact) mass is 278 g/mol. The van der Waals surface area contributed by atoms with E-state index in [0.717, 1.165) is 33.5 Å². The van der Waals surface area contributed by atoms with Gasteiger partial charge in [0.05, 0.1) is 5.69 Å². The van der Waals surface area contributed by atoms with Crippen molar-refractivity contribution in [1.29, 1.82) is 0 Å². The lowest BCUT2D eigenvalue weighted by molar-refractivity contribution is 0.970. The Kier molecular flexibility index (Phi) is 3.54. The fraction of sp³-hybridized carbons (Fsp3) is 0.176. The Morgan fingerprint density at radius 1 is 1.00 bits per heavy atom. The Balaban J connectivity index is 2.13. The molecule has 1 aromatic heterocycles. The quantitative estimate of drug-likeness (QED) is 0.799. The first-order chi connectivity index (χ1) is 10.2. The highest BCUT2D eigenvalue weighted by Crippen LogP contribution is 2.29. The van der Waals surface area contributed by atoms with Crippen LogP contribution in [0.4, 0.5) is 11.5 Å². The molecule has 21 heavy (non-hydrogen) atoms. The second-order valence-corrected chi connectivity index (χ2v) is 5.09. The molecule has 0 aliphatic carbocycles. The number of rotatable bonds is 3. The number of hydrogen-bond donors (Lipinski definition) is 1. The molecule has 3 rings (SSSR count). The van der Waals surface area contributed by atoms with Crippen LogP contribution >= 0.6 is 0 Å². The lowest BCUT2D eigenvalue weighted by Crippen LogP contribution is -2.13. The molecule has 0 aliphatic rings. The molecule has 0 radical (unpaired) electrons. The van der Waals surface area contributed by atoms with E-state index < -0.39 is 0 Å². The van der Waals surface area contributed by atoms with Crippen molar-refractivity contribution in [2.75, 3.05) is 11.9 Å². The van der Waals surface area contributed by atoms with E-state index >= 15 is 0 Å². The van der Waals surface area contributed by atoms with E-state index in [1.54, 1.807) is 0 Å². The number of aromatic nitrogens is 2. The zero-order chi connectivity index (χ0) is 14.8. The SMILES string of the molecule is Cc1nnc(N(C)c2cccc(CN)c2)c2ccccc12. The Bertz CT molecular complexity index is 783. The summed E-state index contributed by atoms with van der Waals surface area (Å²) < 4.78 is 0. The van der Waals surface area contributed by atoms with Crippen molar-refractivity contribution in [3.05, 3.63) is 59.8 Å². The molecule has 2 N–H and O–H groups in total. The second kappa shape index (κ2) is 5.50. The van der Waals surface area contributed by atoms with Crippen LogP contribution in [0, 0.1) is 6.92 Å². The van der Waals surface area contributed by atoms with Gasteiger partial charge in [0.2, 0.25) is 0 Å². The predicted molar refractivity (Wildman–Crippen MR) is 86.7 cm³/mol. The number of hydrogen-bond acceptors (Lipinski definition) is 4. The fourth-order valence-electron chi connectivity index (χ4n) is 2.49. The van der Waals surface area contributed by atoms with Crippen molar-refractivity contribution in [3.8, 4) is 0 Å². The van der Waals surface area contributed by atoms with E-state index in [1.165, 1.54) is 0 Å². The van der Waals surface area contributed by atoms with Crippen molar-refractivity contribution < 1.29 is 0 Å². The number of aryl methyl sites for hydroxylation is 1. The van der Waals surface area contributed by atoms with Gasteiger partial charge in [0.25, 0.3) is 0 Å². The molecule has 0 aliphatic heterocycles. The minimum atomic E-state index is 0.530. The van der Waals surface area contributed by atoms with Gasteiger partial charge in [0.15, 0.2) is 5.82 Å². The van der Waals surface area contributed by atoms with E-state index in [1.807, 2.05) is 43.1 Å². The van der Waals surface area contributed by atoms with Crippen LogP contribution in [-0.4, -0.2) is 17.2 Å². The number of benzene rings is 2. The molecule has 4 nitrogen and oxygen atoms in total. The molecule has 0 amide bonds. The summed E-state index contributed by atoms with van der Waals surface area (Å²) in [6.45, 7) is 2.51. The molecule has 0 unspecified atom stereocenters. The highest BCUT2D eigenvalue weighted by molar-refractivity contribution is 5.94. The van der Waals surface area contributed by atoms with Crippen LogP contribution < -0.4 is 10.6 Å².